The molecule has 2 rings (SSSR count). The highest BCUT2D eigenvalue weighted by molar-refractivity contribution is 6.32. The summed E-state index contributed by atoms with van der Waals surface area (Å²) < 4.78 is 31.6. The topological polar surface area (TPSA) is 109 Å². The molecule has 1 amide bonds. The van der Waals surface area contributed by atoms with E-state index in [-0.39, 0.29) is 17.3 Å². The maximum atomic E-state index is 12.9. The van der Waals surface area contributed by atoms with Crippen molar-refractivity contribution >= 4 is 17.7 Å². The number of alkyl halides is 2. The molecule has 118 valence electrons. The number of nitrogens with two attached hydrogens (primary N) is 2. The summed E-state index contributed by atoms with van der Waals surface area (Å²) in [5.41, 5.74) is 11.1. The smallest absolute Gasteiger partial charge is 0.405 e. The number of hydrogen-bond acceptors (Lipinski definition) is 5. The van der Waals surface area contributed by atoms with Crippen LogP contribution in [-0.2, 0) is 4.74 Å². The summed E-state index contributed by atoms with van der Waals surface area (Å²) >= 11 is 6.02. The zero-order chi connectivity index (χ0) is 16.3. The van der Waals surface area contributed by atoms with E-state index in [1.54, 1.807) is 6.07 Å². The molecule has 1 aromatic carbocycles. The number of amides is 1. The number of halogens is 3. The van der Waals surface area contributed by atoms with E-state index in [0.29, 0.717) is 5.56 Å². The molecule has 0 fully saturated rings. The monoisotopic (exact) mass is 331 g/mol. The molecule has 0 aliphatic carbocycles. The largest absolute Gasteiger partial charge is 0.440 e. The number of ether oxygens (including phenoxy) is 1. The van der Waals surface area contributed by atoms with Crippen molar-refractivity contribution in [3.8, 4) is 5.69 Å². The van der Waals surface area contributed by atoms with Crippen LogP contribution in [0.25, 0.3) is 5.69 Å². The van der Waals surface area contributed by atoms with Gasteiger partial charge in [-0.15, -0.1) is 0 Å². The van der Waals surface area contributed by atoms with E-state index in [0.717, 1.165) is 11.0 Å². The van der Waals surface area contributed by atoms with Crippen LogP contribution < -0.4 is 11.5 Å². The number of aromatic nitrogens is 3. The number of nitrogens with zero attached hydrogens (tertiary/aromatic N) is 3. The summed E-state index contributed by atoms with van der Waals surface area (Å²) in [5, 5.41) is 3.91. The standard InChI is InChI=1S/C12H12ClF2N5O2/c13-7-2-1-6(9(4-16)22-12(17)21)3-8(7)20-11(10(14)15)18-5-19-20/h1-3,5,9-10H,4,16H2,(H2,17,21)/t9-/m1/s1. The molecule has 1 atom stereocenters. The molecule has 0 aliphatic rings. The highest BCUT2D eigenvalue weighted by atomic mass is 35.5. The molecule has 7 nitrogen and oxygen atoms in total. The SMILES string of the molecule is NC[C@@H](OC(N)=O)c1ccc(Cl)c(-n2ncnc2C(F)F)c1. The van der Waals surface area contributed by atoms with Gasteiger partial charge in [0.15, 0.2) is 5.82 Å². The van der Waals surface area contributed by atoms with E-state index in [1.165, 1.54) is 12.1 Å². The van der Waals surface area contributed by atoms with E-state index in [1.807, 2.05) is 0 Å². The number of primary amides is 1. The van der Waals surface area contributed by atoms with Crippen LogP contribution in [0, 0.1) is 0 Å². The molecule has 4 N–H and O–H groups in total. The van der Waals surface area contributed by atoms with Crippen LogP contribution in [0.15, 0.2) is 24.5 Å². The first-order chi connectivity index (χ1) is 10.4. The fourth-order valence-corrected chi connectivity index (χ4v) is 2.07. The number of carbonyl (C=O) groups excluding carboxylic acids is 1. The van der Waals surface area contributed by atoms with Crippen LogP contribution in [0.2, 0.25) is 5.02 Å². The Bertz CT molecular complexity index is 679. The molecule has 1 aromatic heterocycles. The quantitative estimate of drug-likeness (QED) is 0.870. The molecule has 2 aromatic rings. The Labute approximate surface area is 128 Å². The van der Waals surface area contributed by atoms with Crippen molar-refractivity contribution in [3.63, 3.8) is 0 Å². The number of benzene rings is 1. The van der Waals surface area contributed by atoms with Gasteiger partial charge in [-0.1, -0.05) is 17.7 Å². The lowest BCUT2D eigenvalue weighted by Gasteiger charge is -2.17. The van der Waals surface area contributed by atoms with Crippen molar-refractivity contribution in [1.82, 2.24) is 14.8 Å². The van der Waals surface area contributed by atoms with Crippen molar-refractivity contribution in [1.29, 1.82) is 0 Å². The van der Waals surface area contributed by atoms with Gasteiger partial charge in [-0.25, -0.2) is 23.2 Å². The van der Waals surface area contributed by atoms with Gasteiger partial charge in [0.25, 0.3) is 6.43 Å². The lowest BCUT2D eigenvalue weighted by molar-refractivity contribution is 0.111. The van der Waals surface area contributed by atoms with E-state index < -0.39 is 24.4 Å². The van der Waals surface area contributed by atoms with Gasteiger partial charge in [-0.3, -0.25) is 0 Å². The summed E-state index contributed by atoms with van der Waals surface area (Å²) in [6.07, 6.45) is -3.66. The molecular weight excluding hydrogens is 320 g/mol. The lowest BCUT2D eigenvalue weighted by atomic mass is 10.1. The lowest BCUT2D eigenvalue weighted by Crippen LogP contribution is -2.23. The Balaban J connectivity index is 2.46. The van der Waals surface area contributed by atoms with Crippen LogP contribution in [0.1, 0.15) is 23.9 Å². The van der Waals surface area contributed by atoms with Crippen molar-refractivity contribution < 1.29 is 18.3 Å². The second kappa shape index (κ2) is 6.67. The summed E-state index contributed by atoms with van der Waals surface area (Å²) in [7, 11) is 0. The highest BCUT2D eigenvalue weighted by Gasteiger charge is 2.20. The molecule has 0 spiro atoms. The first-order valence-electron chi connectivity index (χ1n) is 6.08. The summed E-state index contributed by atoms with van der Waals surface area (Å²) in [4.78, 5) is 14.3. The fraction of sp³-hybridized carbons (Fsp3) is 0.250. The van der Waals surface area contributed by atoms with Crippen molar-refractivity contribution in [2.45, 2.75) is 12.5 Å². The Hall–Kier alpha value is -2.26. The van der Waals surface area contributed by atoms with Crippen LogP contribution >= 0.6 is 11.6 Å². The van der Waals surface area contributed by atoms with E-state index >= 15 is 0 Å². The van der Waals surface area contributed by atoms with Gasteiger partial charge in [0, 0.05) is 6.54 Å². The van der Waals surface area contributed by atoms with Gasteiger partial charge >= 0.3 is 6.09 Å². The van der Waals surface area contributed by atoms with Crippen LogP contribution in [0.3, 0.4) is 0 Å². The molecule has 22 heavy (non-hydrogen) atoms. The van der Waals surface area contributed by atoms with Crippen LogP contribution in [0.5, 0.6) is 0 Å². The Kier molecular flexibility index (Phi) is 4.88. The number of carbonyl (C=O) groups is 1. The summed E-state index contributed by atoms with van der Waals surface area (Å²) in [6.45, 7) is -0.0386. The summed E-state index contributed by atoms with van der Waals surface area (Å²) in [6, 6.07) is 4.44. The molecule has 1 heterocycles. The summed E-state index contributed by atoms with van der Waals surface area (Å²) in [5.74, 6) is -0.556. The first-order valence-corrected chi connectivity index (χ1v) is 6.46. The van der Waals surface area contributed by atoms with Crippen molar-refractivity contribution in [3.05, 3.63) is 40.9 Å². The average Bonchev–Trinajstić information content (AvgIpc) is 2.94. The second-order valence-electron chi connectivity index (χ2n) is 4.20. The Morgan fingerprint density at radius 1 is 1.45 bits per heavy atom. The van der Waals surface area contributed by atoms with E-state index in [9.17, 15) is 13.6 Å². The zero-order valence-corrected chi connectivity index (χ0v) is 11.9. The van der Waals surface area contributed by atoms with E-state index in [4.69, 9.17) is 27.8 Å². The average molecular weight is 332 g/mol. The molecule has 0 bridgehead atoms. The van der Waals surface area contributed by atoms with E-state index in [2.05, 4.69) is 10.1 Å². The minimum Gasteiger partial charge on any atom is -0.440 e. The molecular formula is C12H12ClF2N5O2. The van der Waals surface area contributed by atoms with Crippen LogP contribution in [0.4, 0.5) is 13.6 Å². The van der Waals surface area contributed by atoms with Gasteiger partial charge in [0.05, 0.1) is 10.7 Å². The molecule has 0 unspecified atom stereocenters. The minimum atomic E-state index is -2.82. The fourth-order valence-electron chi connectivity index (χ4n) is 1.87. The first kappa shape index (κ1) is 16.1. The third-order valence-electron chi connectivity index (χ3n) is 2.81. The minimum absolute atomic E-state index is 0.0386. The van der Waals surface area contributed by atoms with Crippen molar-refractivity contribution in [2.75, 3.05) is 6.54 Å². The predicted octanol–water partition coefficient (Wildman–Crippen LogP) is 1.95. The van der Waals surface area contributed by atoms with Crippen molar-refractivity contribution in [2.24, 2.45) is 11.5 Å². The van der Waals surface area contributed by atoms with Gasteiger partial charge in [0.2, 0.25) is 0 Å². The molecule has 0 aliphatic heterocycles. The van der Waals surface area contributed by atoms with Gasteiger partial charge in [0.1, 0.15) is 12.4 Å². The normalized spacial score (nSPS) is 12.4. The molecule has 0 saturated heterocycles. The maximum Gasteiger partial charge on any atom is 0.405 e. The predicted molar refractivity (Wildman–Crippen MR) is 73.8 cm³/mol. The maximum absolute atomic E-state index is 12.9. The highest BCUT2D eigenvalue weighted by Crippen LogP contribution is 2.28. The Morgan fingerprint density at radius 2 is 2.18 bits per heavy atom. The van der Waals surface area contributed by atoms with Gasteiger partial charge < -0.3 is 16.2 Å². The number of hydrogen-bond donors (Lipinski definition) is 2. The van der Waals surface area contributed by atoms with Gasteiger partial charge in [-0.2, -0.15) is 5.10 Å². The number of rotatable bonds is 5. The second-order valence-corrected chi connectivity index (χ2v) is 4.61. The molecule has 0 saturated carbocycles. The molecule has 10 heteroatoms. The third-order valence-corrected chi connectivity index (χ3v) is 3.13. The third kappa shape index (κ3) is 3.31. The Morgan fingerprint density at radius 3 is 2.77 bits per heavy atom. The molecule has 0 radical (unpaired) electrons. The van der Waals surface area contributed by atoms with Crippen LogP contribution in [-0.4, -0.2) is 27.4 Å². The van der Waals surface area contributed by atoms with Gasteiger partial charge in [-0.05, 0) is 17.7 Å². The zero-order valence-electron chi connectivity index (χ0n) is 11.1.